The summed E-state index contributed by atoms with van der Waals surface area (Å²) in [5.41, 5.74) is -0.407. The number of amides is 1. The monoisotopic (exact) mass is 324 g/mol. The molecular weight excluding hydrogens is 288 g/mol. The molecule has 4 heteroatoms. The highest BCUT2D eigenvalue weighted by atomic mass is 16.6. The standard InChI is InChI=1S/C19H36N2O2/c1-5-7-15-9-11-16(12-10-15)20-14-17-8-6-13-21(17)18(22)23-19(2,3)4/h15-17,20H,5-14H2,1-4H3. The molecular formula is C19H36N2O2. The van der Waals surface area contributed by atoms with Crippen LogP contribution in [0.25, 0.3) is 0 Å². The van der Waals surface area contributed by atoms with Crippen LogP contribution in [0.2, 0.25) is 0 Å². The summed E-state index contributed by atoms with van der Waals surface area (Å²) in [6, 6.07) is 0.947. The van der Waals surface area contributed by atoms with Gasteiger partial charge in [-0.15, -0.1) is 0 Å². The molecule has 0 radical (unpaired) electrons. The second-order valence-electron chi connectivity index (χ2n) is 8.38. The van der Waals surface area contributed by atoms with Gasteiger partial charge in [0.25, 0.3) is 0 Å². The molecule has 0 aromatic heterocycles. The Balaban J connectivity index is 1.73. The molecule has 1 saturated heterocycles. The molecule has 2 fully saturated rings. The Bertz CT molecular complexity index is 370. The second kappa shape index (κ2) is 8.36. The van der Waals surface area contributed by atoms with Crippen LogP contribution < -0.4 is 5.32 Å². The lowest BCUT2D eigenvalue weighted by Crippen LogP contribution is -2.46. The van der Waals surface area contributed by atoms with E-state index in [4.69, 9.17) is 4.74 Å². The van der Waals surface area contributed by atoms with Crippen LogP contribution >= 0.6 is 0 Å². The quantitative estimate of drug-likeness (QED) is 0.818. The van der Waals surface area contributed by atoms with Crippen molar-refractivity contribution in [2.24, 2.45) is 5.92 Å². The molecule has 134 valence electrons. The fraction of sp³-hybridized carbons (Fsp3) is 0.947. The average molecular weight is 325 g/mol. The Kier molecular flexibility index (Phi) is 6.75. The summed E-state index contributed by atoms with van der Waals surface area (Å²) in [5.74, 6) is 0.947. The largest absolute Gasteiger partial charge is 0.444 e. The molecule has 1 aliphatic heterocycles. The van der Waals surface area contributed by atoms with Crippen LogP contribution in [-0.4, -0.2) is 41.8 Å². The Morgan fingerprint density at radius 1 is 1.17 bits per heavy atom. The van der Waals surface area contributed by atoms with E-state index in [0.717, 1.165) is 31.8 Å². The van der Waals surface area contributed by atoms with Gasteiger partial charge in [-0.05, 0) is 65.2 Å². The van der Waals surface area contributed by atoms with Crippen molar-refractivity contribution in [1.29, 1.82) is 0 Å². The van der Waals surface area contributed by atoms with Crippen LogP contribution in [0.1, 0.15) is 79.1 Å². The topological polar surface area (TPSA) is 41.6 Å². The van der Waals surface area contributed by atoms with E-state index in [1.165, 1.54) is 38.5 Å². The molecule has 0 bridgehead atoms. The average Bonchev–Trinajstić information content (AvgIpc) is 2.94. The SMILES string of the molecule is CCCC1CCC(NCC2CCCN2C(=O)OC(C)(C)C)CC1. The molecule has 1 saturated carbocycles. The van der Waals surface area contributed by atoms with Gasteiger partial charge in [0, 0.05) is 25.2 Å². The Hall–Kier alpha value is -0.770. The first-order chi connectivity index (χ1) is 10.9. The molecule has 0 aromatic rings. The number of carbonyl (C=O) groups is 1. The number of hydrogen-bond acceptors (Lipinski definition) is 3. The van der Waals surface area contributed by atoms with Gasteiger partial charge in [-0.2, -0.15) is 0 Å². The highest BCUT2D eigenvalue weighted by molar-refractivity contribution is 5.69. The number of nitrogens with one attached hydrogen (secondary N) is 1. The predicted molar refractivity (Wildman–Crippen MR) is 94.6 cm³/mol. The molecule has 0 spiro atoms. The fourth-order valence-electron chi connectivity index (χ4n) is 3.98. The fourth-order valence-corrected chi connectivity index (χ4v) is 3.98. The molecule has 2 aliphatic rings. The van der Waals surface area contributed by atoms with Crippen LogP contribution in [-0.2, 0) is 4.74 Å². The van der Waals surface area contributed by atoms with Gasteiger partial charge in [-0.3, -0.25) is 0 Å². The summed E-state index contributed by atoms with van der Waals surface area (Å²) >= 11 is 0. The third-order valence-electron chi connectivity index (χ3n) is 5.19. The predicted octanol–water partition coefficient (Wildman–Crippen LogP) is 4.33. The third-order valence-corrected chi connectivity index (χ3v) is 5.19. The maximum absolute atomic E-state index is 12.3. The van der Waals surface area contributed by atoms with Crippen LogP contribution in [0.4, 0.5) is 4.79 Å². The van der Waals surface area contributed by atoms with Gasteiger partial charge in [0.2, 0.25) is 0 Å². The van der Waals surface area contributed by atoms with E-state index in [0.29, 0.717) is 12.1 Å². The highest BCUT2D eigenvalue weighted by Crippen LogP contribution is 2.28. The van der Waals surface area contributed by atoms with Gasteiger partial charge < -0.3 is 15.0 Å². The van der Waals surface area contributed by atoms with E-state index in [1.807, 2.05) is 25.7 Å². The summed E-state index contributed by atoms with van der Waals surface area (Å²) in [5, 5.41) is 3.72. The highest BCUT2D eigenvalue weighted by Gasteiger charge is 2.32. The molecule has 0 aromatic carbocycles. The van der Waals surface area contributed by atoms with Crippen molar-refractivity contribution in [3.05, 3.63) is 0 Å². The Morgan fingerprint density at radius 3 is 2.48 bits per heavy atom. The van der Waals surface area contributed by atoms with Gasteiger partial charge in [0.15, 0.2) is 0 Å². The summed E-state index contributed by atoms with van der Waals surface area (Å²) < 4.78 is 5.54. The minimum Gasteiger partial charge on any atom is -0.444 e. The zero-order valence-electron chi connectivity index (χ0n) is 15.6. The molecule has 23 heavy (non-hydrogen) atoms. The first-order valence-corrected chi connectivity index (χ1v) is 9.62. The van der Waals surface area contributed by atoms with Crippen LogP contribution in [0.3, 0.4) is 0 Å². The van der Waals surface area contributed by atoms with Crippen molar-refractivity contribution in [2.75, 3.05) is 13.1 Å². The van der Waals surface area contributed by atoms with Crippen LogP contribution in [0.5, 0.6) is 0 Å². The van der Waals surface area contributed by atoms with E-state index < -0.39 is 5.60 Å². The molecule has 1 N–H and O–H groups in total. The van der Waals surface area contributed by atoms with Gasteiger partial charge in [0.1, 0.15) is 5.60 Å². The molecule has 1 heterocycles. The third kappa shape index (κ3) is 5.98. The normalized spacial score (nSPS) is 28.9. The maximum Gasteiger partial charge on any atom is 0.410 e. The number of carbonyl (C=O) groups excluding carboxylic acids is 1. The van der Waals surface area contributed by atoms with Gasteiger partial charge >= 0.3 is 6.09 Å². The minimum atomic E-state index is -0.407. The van der Waals surface area contributed by atoms with Crippen molar-refractivity contribution in [2.45, 2.75) is 96.7 Å². The minimum absolute atomic E-state index is 0.145. The number of rotatable bonds is 5. The summed E-state index contributed by atoms with van der Waals surface area (Å²) in [6.07, 6.45) is 10.1. The van der Waals surface area contributed by atoms with Gasteiger partial charge in [0.05, 0.1) is 0 Å². The first-order valence-electron chi connectivity index (χ1n) is 9.62. The molecule has 2 rings (SSSR count). The Labute approximate surface area is 142 Å². The zero-order chi connectivity index (χ0) is 16.9. The molecule has 1 atom stereocenters. The van der Waals surface area contributed by atoms with E-state index in [1.54, 1.807) is 0 Å². The lowest BCUT2D eigenvalue weighted by molar-refractivity contribution is 0.0223. The Morgan fingerprint density at radius 2 is 1.87 bits per heavy atom. The van der Waals surface area contributed by atoms with Crippen molar-refractivity contribution in [1.82, 2.24) is 10.2 Å². The van der Waals surface area contributed by atoms with Crippen molar-refractivity contribution >= 4 is 6.09 Å². The van der Waals surface area contributed by atoms with Crippen LogP contribution in [0, 0.1) is 5.92 Å². The first kappa shape index (κ1) is 18.6. The second-order valence-corrected chi connectivity index (χ2v) is 8.38. The number of ether oxygens (including phenoxy) is 1. The number of nitrogens with zero attached hydrogens (tertiary/aromatic N) is 1. The van der Waals surface area contributed by atoms with E-state index in [9.17, 15) is 4.79 Å². The lowest BCUT2D eigenvalue weighted by atomic mass is 9.83. The zero-order valence-corrected chi connectivity index (χ0v) is 15.6. The summed E-state index contributed by atoms with van der Waals surface area (Å²) in [6.45, 7) is 9.84. The van der Waals surface area contributed by atoms with Gasteiger partial charge in [-0.25, -0.2) is 4.79 Å². The molecule has 4 nitrogen and oxygen atoms in total. The molecule has 1 aliphatic carbocycles. The molecule has 1 amide bonds. The van der Waals surface area contributed by atoms with Crippen molar-refractivity contribution < 1.29 is 9.53 Å². The maximum atomic E-state index is 12.3. The van der Waals surface area contributed by atoms with E-state index in [-0.39, 0.29) is 6.09 Å². The van der Waals surface area contributed by atoms with Crippen molar-refractivity contribution in [3.63, 3.8) is 0 Å². The lowest BCUT2D eigenvalue weighted by Gasteiger charge is -2.32. The summed E-state index contributed by atoms with van der Waals surface area (Å²) in [7, 11) is 0. The van der Waals surface area contributed by atoms with E-state index in [2.05, 4.69) is 12.2 Å². The summed E-state index contributed by atoms with van der Waals surface area (Å²) in [4.78, 5) is 14.2. The van der Waals surface area contributed by atoms with Gasteiger partial charge in [-0.1, -0.05) is 19.8 Å². The van der Waals surface area contributed by atoms with Crippen LogP contribution in [0.15, 0.2) is 0 Å². The molecule has 1 unspecified atom stereocenters. The van der Waals surface area contributed by atoms with Crippen molar-refractivity contribution in [3.8, 4) is 0 Å². The van der Waals surface area contributed by atoms with E-state index >= 15 is 0 Å². The number of hydrogen-bond donors (Lipinski definition) is 1. The number of likely N-dealkylation sites (tertiary alicyclic amines) is 1. The smallest absolute Gasteiger partial charge is 0.410 e.